The van der Waals surface area contributed by atoms with E-state index in [9.17, 15) is 4.21 Å². The van der Waals surface area contributed by atoms with Crippen molar-refractivity contribution in [3.8, 4) is 0 Å². The lowest BCUT2D eigenvalue weighted by atomic mass is 10.1. The number of halogens is 1. The summed E-state index contributed by atoms with van der Waals surface area (Å²) in [4.78, 5) is 12.2. The number of nitrogen functional groups attached to an aromatic ring is 1. The van der Waals surface area contributed by atoms with E-state index in [0.29, 0.717) is 11.2 Å². The van der Waals surface area contributed by atoms with Gasteiger partial charge in [0.25, 0.3) is 0 Å². The monoisotopic (exact) mass is 331 g/mol. The highest BCUT2D eigenvalue weighted by Gasteiger charge is 2.53. The van der Waals surface area contributed by atoms with Crippen LogP contribution in [0.3, 0.4) is 0 Å². The Morgan fingerprint density at radius 3 is 2.95 bits per heavy atom. The second kappa shape index (κ2) is 4.85. The molecule has 3 unspecified atom stereocenters. The number of rotatable bonds is 2. The minimum absolute atomic E-state index is 0.196. The van der Waals surface area contributed by atoms with Gasteiger partial charge >= 0.3 is 11.4 Å². The molecule has 11 heteroatoms. The second-order valence-electron chi connectivity index (χ2n) is 4.63. The first-order valence-corrected chi connectivity index (χ1v) is 7.63. The standard InChI is InChI=1S/C10H10ClN5O4S/c11-1-4-6-7(20-21(17)19-6)10(18-4)16-3-15-5-8(12)13-2-14-9(5)16/h2-4,6-7,10H,1H2,(H2,12,13,14)/t4?,6-,7-,10?,21?/m0/s1. The molecule has 2 aliphatic rings. The molecule has 21 heavy (non-hydrogen) atoms. The Balaban J connectivity index is 1.78. The molecule has 2 saturated heterocycles. The van der Waals surface area contributed by atoms with E-state index in [-0.39, 0.29) is 11.7 Å². The smallest absolute Gasteiger partial charge is 0.305 e. The van der Waals surface area contributed by atoms with Crippen molar-refractivity contribution >= 4 is 39.9 Å². The van der Waals surface area contributed by atoms with Crippen molar-refractivity contribution in [1.82, 2.24) is 19.5 Å². The van der Waals surface area contributed by atoms with Crippen molar-refractivity contribution in [2.75, 3.05) is 11.6 Å². The lowest BCUT2D eigenvalue weighted by Crippen LogP contribution is -2.29. The van der Waals surface area contributed by atoms with E-state index in [1.807, 2.05) is 0 Å². The van der Waals surface area contributed by atoms with Crippen LogP contribution in [-0.2, 0) is 24.5 Å². The van der Waals surface area contributed by atoms with Crippen LogP contribution in [0.25, 0.3) is 11.2 Å². The third-order valence-corrected chi connectivity index (χ3v) is 4.54. The molecule has 0 aliphatic carbocycles. The molecule has 2 aromatic rings. The Morgan fingerprint density at radius 2 is 2.14 bits per heavy atom. The molecule has 112 valence electrons. The van der Waals surface area contributed by atoms with Crippen LogP contribution in [0.15, 0.2) is 12.7 Å². The van der Waals surface area contributed by atoms with Crippen molar-refractivity contribution in [3.63, 3.8) is 0 Å². The van der Waals surface area contributed by atoms with Gasteiger partial charge in [-0.1, -0.05) is 0 Å². The van der Waals surface area contributed by atoms with Gasteiger partial charge in [0, 0.05) is 0 Å². The largest absolute Gasteiger partial charge is 0.382 e. The highest BCUT2D eigenvalue weighted by atomic mass is 35.5. The predicted molar refractivity (Wildman–Crippen MR) is 72.3 cm³/mol. The first-order valence-electron chi connectivity index (χ1n) is 6.09. The van der Waals surface area contributed by atoms with Crippen LogP contribution < -0.4 is 5.73 Å². The number of nitrogens with two attached hydrogens (primary N) is 1. The second-order valence-corrected chi connectivity index (χ2v) is 5.73. The van der Waals surface area contributed by atoms with Gasteiger partial charge in [-0.3, -0.25) is 12.9 Å². The van der Waals surface area contributed by atoms with Crippen LogP contribution in [-0.4, -0.2) is 47.9 Å². The molecule has 0 radical (unpaired) electrons. The zero-order valence-electron chi connectivity index (χ0n) is 10.5. The molecule has 4 heterocycles. The maximum Gasteiger partial charge on any atom is 0.305 e. The highest BCUT2D eigenvalue weighted by Crippen LogP contribution is 2.40. The number of hydrogen-bond acceptors (Lipinski definition) is 8. The van der Waals surface area contributed by atoms with E-state index in [1.165, 1.54) is 12.7 Å². The minimum atomic E-state index is -1.80. The Hall–Kier alpha value is -1.33. The molecule has 2 aromatic heterocycles. The van der Waals surface area contributed by atoms with E-state index in [2.05, 4.69) is 15.0 Å². The zero-order chi connectivity index (χ0) is 14.6. The van der Waals surface area contributed by atoms with E-state index in [4.69, 9.17) is 30.4 Å². The molecule has 2 N–H and O–H groups in total. The number of fused-ring (bicyclic) bond motifs is 2. The molecule has 0 aromatic carbocycles. The predicted octanol–water partition coefficient (Wildman–Crippen LogP) is -0.0926. The summed E-state index contributed by atoms with van der Waals surface area (Å²) in [5, 5.41) is 0. The van der Waals surface area contributed by atoms with Gasteiger partial charge < -0.3 is 10.5 Å². The highest BCUT2D eigenvalue weighted by molar-refractivity contribution is 7.75. The van der Waals surface area contributed by atoms with E-state index < -0.39 is 35.9 Å². The van der Waals surface area contributed by atoms with E-state index in [0.717, 1.165) is 0 Å². The first-order chi connectivity index (χ1) is 10.2. The van der Waals surface area contributed by atoms with Gasteiger partial charge in [0.1, 0.15) is 24.1 Å². The minimum Gasteiger partial charge on any atom is -0.382 e. The lowest BCUT2D eigenvalue weighted by Gasteiger charge is -2.17. The fourth-order valence-electron chi connectivity index (χ4n) is 2.54. The molecule has 4 rings (SSSR count). The number of hydrogen-bond donors (Lipinski definition) is 1. The Labute approximate surface area is 126 Å². The van der Waals surface area contributed by atoms with Crippen LogP contribution >= 0.6 is 11.6 Å². The molecule has 0 spiro atoms. The maximum absolute atomic E-state index is 11.4. The van der Waals surface area contributed by atoms with Crippen molar-refractivity contribution in [1.29, 1.82) is 0 Å². The quantitative estimate of drug-likeness (QED) is 0.759. The number of alkyl halides is 1. The Morgan fingerprint density at radius 1 is 1.33 bits per heavy atom. The number of imidazole rings is 1. The van der Waals surface area contributed by atoms with Gasteiger partial charge in [-0.25, -0.2) is 15.0 Å². The topological polar surface area (TPSA) is 114 Å². The third-order valence-electron chi connectivity index (χ3n) is 3.48. The van der Waals surface area contributed by atoms with Crippen molar-refractivity contribution in [2.45, 2.75) is 24.5 Å². The van der Waals surface area contributed by atoms with Crippen molar-refractivity contribution < 1.29 is 17.3 Å². The lowest BCUT2D eigenvalue weighted by molar-refractivity contribution is -0.0246. The summed E-state index contributed by atoms with van der Waals surface area (Å²) in [5.41, 5.74) is 6.72. The summed E-state index contributed by atoms with van der Waals surface area (Å²) in [6.45, 7) is 0. The van der Waals surface area contributed by atoms with Crippen LogP contribution in [0.5, 0.6) is 0 Å². The molecule has 0 saturated carbocycles. The molecule has 0 bridgehead atoms. The van der Waals surface area contributed by atoms with Crippen molar-refractivity contribution in [2.24, 2.45) is 0 Å². The van der Waals surface area contributed by atoms with Gasteiger partial charge in [0.05, 0.1) is 12.2 Å². The number of nitrogens with zero attached hydrogens (tertiary/aromatic N) is 4. The molecule has 5 atom stereocenters. The molecular formula is C10H10ClN5O4S. The molecule has 2 aliphatic heterocycles. The molecular weight excluding hydrogens is 322 g/mol. The van der Waals surface area contributed by atoms with Gasteiger partial charge in [0.15, 0.2) is 23.8 Å². The average molecular weight is 332 g/mol. The van der Waals surface area contributed by atoms with Crippen LogP contribution in [0, 0.1) is 0 Å². The molecule has 2 fully saturated rings. The summed E-state index contributed by atoms with van der Waals surface area (Å²) >= 11 is 4.06. The van der Waals surface area contributed by atoms with Crippen molar-refractivity contribution in [3.05, 3.63) is 12.7 Å². The average Bonchev–Trinajstić information content (AvgIpc) is 3.12. The Bertz CT molecular complexity index is 727. The van der Waals surface area contributed by atoms with E-state index in [1.54, 1.807) is 4.57 Å². The summed E-state index contributed by atoms with van der Waals surface area (Å²) < 4.78 is 29.4. The van der Waals surface area contributed by atoms with Gasteiger partial charge in [-0.05, 0) is 0 Å². The van der Waals surface area contributed by atoms with E-state index >= 15 is 0 Å². The SMILES string of the molecule is Nc1ncnc2c1ncn2C1OC(CCl)[C@@H]2OS(=O)O[C@H]12. The molecule has 9 nitrogen and oxygen atoms in total. The third kappa shape index (κ3) is 1.94. The van der Waals surface area contributed by atoms with Gasteiger partial charge in [-0.15, -0.1) is 11.6 Å². The summed E-state index contributed by atoms with van der Waals surface area (Å²) in [7, 11) is 0. The summed E-state index contributed by atoms with van der Waals surface area (Å²) in [5.74, 6) is 0.469. The first kappa shape index (κ1) is 13.3. The van der Waals surface area contributed by atoms with Gasteiger partial charge in [-0.2, -0.15) is 4.21 Å². The normalized spacial score (nSPS) is 35.4. The fraction of sp³-hybridized carbons (Fsp3) is 0.500. The molecule has 0 amide bonds. The number of ether oxygens (including phenoxy) is 1. The zero-order valence-corrected chi connectivity index (χ0v) is 12.0. The van der Waals surface area contributed by atoms with Gasteiger partial charge in [0.2, 0.25) is 0 Å². The number of aromatic nitrogens is 4. The van der Waals surface area contributed by atoms with Crippen LogP contribution in [0.1, 0.15) is 6.23 Å². The summed E-state index contributed by atoms with van der Waals surface area (Å²) in [6.07, 6.45) is 0.798. The van der Waals surface area contributed by atoms with Crippen LogP contribution in [0.4, 0.5) is 5.82 Å². The summed E-state index contributed by atoms with van der Waals surface area (Å²) in [6, 6.07) is 0. The fourth-order valence-corrected chi connectivity index (χ4v) is 3.63. The number of anilines is 1. The van der Waals surface area contributed by atoms with Crippen LogP contribution in [0.2, 0.25) is 0 Å². The Kier molecular flexibility index (Phi) is 3.08. The maximum atomic E-state index is 11.4.